The maximum Gasteiger partial charge on any atom is 0.307 e. The van der Waals surface area contributed by atoms with Crippen LogP contribution in [0.4, 0.5) is 5.69 Å². The summed E-state index contributed by atoms with van der Waals surface area (Å²) in [5.74, 6) is -0.0945. The molecule has 1 amide bonds. The van der Waals surface area contributed by atoms with Gasteiger partial charge >= 0.3 is 5.69 Å². The molecule has 1 aromatic heterocycles. The van der Waals surface area contributed by atoms with Crippen LogP contribution in [0.5, 0.6) is 0 Å². The average molecular weight is 392 g/mol. The monoisotopic (exact) mass is 391 g/mol. The lowest BCUT2D eigenvalue weighted by Gasteiger charge is -2.38. The lowest BCUT2D eigenvalue weighted by Crippen LogP contribution is -2.54. The van der Waals surface area contributed by atoms with Gasteiger partial charge in [0.1, 0.15) is 17.9 Å². The molecule has 8 nitrogen and oxygen atoms in total. The number of benzene rings is 1. The first-order valence-corrected chi connectivity index (χ1v) is 9.11. The van der Waals surface area contributed by atoms with Gasteiger partial charge in [-0.3, -0.25) is 24.5 Å². The van der Waals surface area contributed by atoms with Gasteiger partial charge in [0.2, 0.25) is 5.91 Å². The fourth-order valence-electron chi connectivity index (χ4n) is 3.20. The van der Waals surface area contributed by atoms with Crippen molar-refractivity contribution in [1.82, 2.24) is 19.6 Å². The highest BCUT2D eigenvalue weighted by atomic mass is 35.5. The van der Waals surface area contributed by atoms with Gasteiger partial charge in [0, 0.05) is 37.7 Å². The first-order valence-electron chi connectivity index (χ1n) is 8.73. The molecular weight excluding hydrogens is 370 g/mol. The number of nitro groups is 1. The van der Waals surface area contributed by atoms with Gasteiger partial charge in [-0.1, -0.05) is 23.7 Å². The summed E-state index contributed by atoms with van der Waals surface area (Å²) in [6.07, 6.45) is 2.46. The zero-order valence-electron chi connectivity index (χ0n) is 15.3. The van der Waals surface area contributed by atoms with Gasteiger partial charge in [-0.25, -0.2) is 0 Å². The molecular formula is C18H22ClN5O3. The summed E-state index contributed by atoms with van der Waals surface area (Å²) in [7, 11) is 0. The summed E-state index contributed by atoms with van der Waals surface area (Å²) in [6, 6.07) is 7.77. The Kier molecular flexibility index (Phi) is 5.48. The third-order valence-electron chi connectivity index (χ3n) is 4.83. The quantitative estimate of drug-likeness (QED) is 0.577. The molecule has 0 N–H and O–H groups in total. The number of rotatable bonds is 5. The largest absolute Gasteiger partial charge is 0.338 e. The molecule has 0 saturated carbocycles. The van der Waals surface area contributed by atoms with Crippen molar-refractivity contribution in [3.63, 3.8) is 0 Å². The predicted molar refractivity (Wildman–Crippen MR) is 102 cm³/mol. The molecule has 1 aliphatic rings. The van der Waals surface area contributed by atoms with Crippen LogP contribution in [0.2, 0.25) is 5.02 Å². The molecule has 0 unspecified atom stereocenters. The summed E-state index contributed by atoms with van der Waals surface area (Å²) in [5, 5.41) is 15.6. The summed E-state index contributed by atoms with van der Waals surface area (Å²) in [4.78, 5) is 27.4. The Morgan fingerprint density at radius 1 is 1.30 bits per heavy atom. The maximum absolute atomic E-state index is 13.0. The van der Waals surface area contributed by atoms with Crippen LogP contribution in [0.15, 0.2) is 36.7 Å². The summed E-state index contributed by atoms with van der Waals surface area (Å²) < 4.78 is 1.37. The minimum atomic E-state index is -0.983. The lowest BCUT2D eigenvalue weighted by atomic mass is 10.0. The fraction of sp³-hybridized carbons (Fsp3) is 0.444. The molecule has 9 heteroatoms. The zero-order valence-corrected chi connectivity index (χ0v) is 16.1. The highest BCUT2D eigenvalue weighted by Crippen LogP contribution is 2.22. The van der Waals surface area contributed by atoms with Crippen molar-refractivity contribution >= 4 is 23.2 Å². The van der Waals surface area contributed by atoms with Gasteiger partial charge < -0.3 is 4.90 Å². The van der Waals surface area contributed by atoms with Crippen LogP contribution in [-0.2, 0) is 16.9 Å². The highest BCUT2D eigenvalue weighted by Gasteiger charge is 2.36. The lowest BCUT2D eigenvalue weighted by molar-refractivity contribution is -0.385. The minimum absolute atomic E-state index is 0.0945. The number of carbonyl (C=O) groups excluding carboxylic acids is 1. The number of hydrogen-bond acceptors (Lipinski definition) is 5. The second-order valence-electron chi connectivity index (χ2n) is 7.16. The van der Waals surface area contributed by atoms with E-state index in [0.29, 0.717) is 13.1 Å². The molecule has 27 heavy (non-hydrogen) atoms. The van der Waals surface area contributed by atoms with Crippen molar-refractivity contribution in [1.29, 1.82) is 0 Å². The van der Waals surface area contributed by atoms with Crippen LogP contribution in [0, 0.1) is 10.1 Å². The van der Waals surface area contributed by atoms with Crippen LogP contribution in [-0.4, -0.2) is 56.6 Å². The fourth-order valence-corrected chi connectivity index (χ4v) is 3.41. The Morgan fingerprint density at radius 3 is 2.59 bits per heavy atom. The standard InChI is InChI=1S/C18H22ClN5O3/c1-18(2,23-13-16(11-20-23)24(26)27)17(25)22-8-6-21(7-9-22)12-14-4-3-5-15(19)10-14/h3-5,10-11,13H,6-9,12H2,1-2H3. The Bertz CT molecular complexity index is 843. The number of aromatic nitrogens is 2. The molecule has 1 fully saturated rings. The Hall–Kier alpha value is -2.45. The molecule has 0 bridgehead atoms. The van der Waals surface area contributed by atoms with E-state index in [2.05, 4.69) is 10.00 Å². The Balaban J connectivity index is 1.61. The molecule has 144 valence electrons. The molecule has 1 aliphatic heterocycles. The smallest absolute Gasteiger partial charge is 0.307 e. The van der Waals surface area contributed by atoms with E-state index in [1.54, 1.807) is 18.7 Å². The van der Waals surface area contributed by atoms with E-state index in [1.165, 1.54) is 10.9 Å². The van der Waals surface area contributed by atoms with Crippen LogP contribution in [0.3, 0.4) is 0 Å². The molecule has 2 heterocycles. The Labute approximate surface area is 162 Å². The van der Waals surface area contributed by atoms with Crippen molar-refractivity contribution in [3.05, 3.63) is 57.4 Å². The van der Waals surface area contributed by atoms with E-state index in [1.807, 2.05) is 24.3 Å². The maximum atomic E-state index is 13.0. The number of amides is 1. The van der Waals surface area contributed by atoms with Gasteiger partial charge in [0.05, 0.1) is 4.92 Å². The van der Waals surface area contributed by atoms with Gasteiger partial charge in [-0.2, -0.15) is 5.10 Å². The van der Waals surface area contributed by atoms with Crippen molar-refractivity contribution in [2.75, 3.05) is 26.2 Å². The highest BCUT2D eigenvalue weighted by molar-refractivity contribution is 6.30. The average Bonchev–Trinajstić information content (AvgIpc) is 3.13. The van der Waals surface area contributed by atoms with Gasteiger partial charge in [0.25, 0.3) is 0 Å². The molecule has 1 saturated heterocycles. The minimum Gasteiger partial charge on any atom is -0.338 e. The molecule has 3 rings (SSSR count). The van der Waals surface area contributed by atoms with E-state index < -0.39 is 10.5 Å². The summed E-state index contributed by atoms with van der Waals surface area (Å²) in [5.41, 5.74) is 0.0392. The van der Waals surface area contributed by atoms with Crippen LogP contribution in [0.1, 0.15) is 19.4 Å². The van der Waals surface area contributed by atoms with Gasteiger partial charge in [-0.15, -0.1) is 0 Å². The van der Waals surface area contributed by atoms with Gasteiger partial charge in [0.15, 0.2) is 0 Å². The number of nitrogens with zero attached hydrogens (tertiary/aromatic N) is 5. The molecule has 0 aliphatic carbocycles. The second kappa shape index (κ2) is 7.66. The first kappa shape index (κ1) is 19.3. The number of hydrogen-bond donors (Lipinski definition) is 0. The summed E-state index contributed by atoms with van der Waals surface area (Å²) >= 11 is 6.04. The molecule has 0 spiro atoms. The predicted octanol–water partition coefficient (Wildman–Crippen LogP) is 2.52. The third kappa shape index (κ3) is 4.28. The van der Waals surface area contributed by atoms with Crippen molar-refractivity contribution in [2.24, 2.45) is 0 Å². The van der Waals surface area contributed by atoms with Crippen molar-refractivity contribution in [3.8, 4) is 0 Å². The van der Waals surface area contributed by atoms with E-state index in [4.69, 9.17) is 11.6 Å². The molecule has 0 radical (unpaired) electrons. The molecule has 0 atom stereocenters. The summed E-state index contributed by atoms with van der Waals surface area (Å²) in [6.45, 7) is 6.96. The molecule has 2 aromatic rings. The second-order valence-corrected chi connectivity index (χ2v) is 7.59. The Morgan fingerprint density at radius 2 is 2.00 bits per heavy atom. The van der Waals surface area contributed by atoms with Gasteiger partial charge in [-0.05, 0) is 31.5 Å². The number of piperazine rings is 1. The first-order chi connectivity index (χ1) is 12.8. The number of halogens is 1. The topological polar surface area (TPSA) is 84.5 Å². The van der Waals surface area contributed by atoms with E-state index in [0.717, 1.165) is 36.4 Å². The molecule has 1 aromatic carbocycles. The van der Waals surface area contributed by atoms with E-state index in [9.17, 15) is 14.9 Å². The van der Waals surface area contributed by atoms with Crippen LogP contribution < -0.4 is 0 Å². The van der Waals surface area contributed by atoms with Crippen molar-refractivity contribution in [2.45, 2.75) is 25.9 Å². The SMILES string of the molecule is CC(C)(C(=O)N1CCN(Cc2cccc(Cl)c2)CC1)n1cc([N+](=O)[O-])cn1. The third-order valence-corrected chi connectivity index (χ3v) is 5.07. The normalized spacial score (nSPS) is 15.7. The number of carbonyl (C=O) groups is 1. The van der Waals surface area contributed by atoms with Crippen LogP contribution in [0.25, 0.3) is 0 Å². The van der Waals surface area contributed by atoms with Crippen LogP contribution >= 0.6 is 11.6 Å². The zero-order chi connectivity index (χ0) is 19.6. The van der Waals surface area contributed by atoms with E-state index in [-0.39, 0.29) is 11.6 Å². The van der Waals surface area contributed by atoms with E-state index >= 15 is 0 Å². The van der Waals surface area contributed by atoms with Crippen molar-refractivity contribution < 1.29 is 9.72 Å².